The first kappa shape index (κ1) is 15.5. The predicted octanol–water partition coefficient (Wildman–Crippen LogP) is 3.82. The van der Waals surface area contributed by atoms with Crippen LogP contribution < -0.4 is 10.6 Å². The molecule has 2 N–H and O–H groups in total. The number of halogens is 1. The number of nitrogens with zero attached hydrogens (tertiary/aromatic N) is 1. The number of rotatable bonds is 3. The molecule has 2 heterocycles. The summed E-state index contributed by atoms with van der Waals surface area (Å²) in [5.74, 6) is 0.419. The van der Waals surface area contributed by atoms with E-state index in [1.165, 1.54) is 4.88 Å². The zero-order chi connectivity index (χ0) is 15.5. The minimum Gasteiger partial charge on any atom is -0.317 e. The van der Waals surface area contributed by atoms with E-state index in [1.54, 1.807) is 29.5 Å². The molecule has 2 aromatic rings. The van der Waals surface area contributed by atoms with Crippen LogP contribution in [0.4, 0.5) is 5.13 Å². The van der Waals surface area contributed by atoms with Crippen molar-refractivity contribution < 1.29 is 4.79 Å². The summed E-state index contributed by atoms with van der Waals surface area (Å²) in [5.41, 5.74) is 1.49. The zero-order valence-corrected chi connectivity index (χ0v) is 13.9. The third-order valence-corrected chi connectivity index (χ3v) is 5.23. The quantitative estimate of drug-likeness (QED) is 0.896. The maximum absolute atomic E-state index is 12.3. The first-order chi connectivity index (χ1) is 10.6. The number of thiazole rings is 1. The van der Waals surface area contributed by atoms with Crippen LogP contribution in [0.3, 0.4) is 0 Å². The van der Waals surface area contributed by atoms with Crippen molar-refractivity contribution in [2.24, 2.45) is 0 Å². The molecule has 1 aromatic heterocycles. The Hall–Kier alpha value is -1.43. The van der Waals surface area contributed by atoms with Gasteiger partial charge >= 0.3 is 0 Å². The molecule has 0 atom stereocenters. The Kier molecular flexibility index (Phi) is 4.76. The number of aromatic nitrogens is 1. The summed E-state index contributed by atoms with van der Waals surface area (Å²) in [6.07, 6.45) is 4.16. The lowest BCUT2D eigenvalue weighted by molar-refractivity contribution is 0.102. The average molecular weight is 336 g/mol. The van der Waals surface area contributed by atoms with E-state index in [1.807, 2.05) is 13.1 Å². The molecule has 0 unspecified atom stereocenters. The van der Waals surface area contributed by atoms with Gasteiger partial charge in [-0.25, -0.2) is 4.98 Å². The second-order valence-electron chi connectivity index (χ2n) is 5.51. The van der Waals surface area contributed by atoms with Gasteiger partial charge in [0.15, 0.2) is 5.13 Å². The highest BCUT2D eigenvalue weighted by molar-refractivity contribution is 7.15. The molecule has 1 saturated heterocycles. The van der Waals surface area contributed by atoms with Crippen molar-refractivity contribution in [1.29, 1.82) is 0 Å². The summed E-state index contributed by atoms with van der Waals surface area (Å²) >= 11 is 7.50. The Balaban J connectivity index is 1.70. The molecule has 3 rings (SSSR count). The van der Waals surface area contributed by atoms with E-state index in [4.69, 9.17) is 11.6 Å². The van der Waals surface area contributed by atoms with Crippen LogP contribution in [0, 0.1) is 6.92 Å². The SMILES string of the molecule is Cc1cc(Cl)ccc1C(=O)Nc1ncc(C2CCNCC2)s1. The lowest BCUT2D eigenvalue weighted by atomic mass is 9.97. The van der Waals surface area contributed by atoms with Crippen LogP contribution in [0.15, 0.2) is 24.4 Å². The normalized spacial score (nSPS) is 15.7. The van der Waals surface area contributed by atoms with Gasteiger partial charge in [-0.3, -0.25) is 10.1 Å². The molecule has 1 aromatic carbocycles. The highest BCUT2D eigenvalue weighted by Gasteiger charge is 2.19. The number of hydrogen-bond acceptors (Lipinski definition) is 4. The lowest BCUT2D eigenvalue weighted by Crippen LogP contribution is -2.26. The molecule has 1 amide bonds. The Bertz CT molecular complexity index is 680. The van der Waals surface area contributed by atoms with Crippen molar-refractivity contribution in [3.8, 4) is 0 Å². The van der Waals surface area contributed by atoms with Gasteiger partial charge in [0, 0.05) is 21.7 Å². The molecular formula is C16H18ClN3OS. The van der Waals surface area contributed by atoms with Gasteiger partial charge in [-0.05, 0) is 62.5 Å². The number of hydrogen-bond donors (Lipinski definition) is 2. The molecule has 0 spiro atoms. The summed E-state index contributed by atoms with van der Waals surface area (Å²) in [6.45, 7) is 3.98. The first-order valence-electron chi connectivity index (χ1n) is 7.37. The summed E-state index contributed by atoms with van der Waals surface area (Å²) in [6, 6.07) is 5.26. The van der Waals surface area contributed by atoms with Crippen LogP contribution in [-0.4, -0.2) is 24.0 Å². The second kappa shape index (κ2) is 6.77. The summed E-state index contributed by atoms with van der Waals surface area (Å²) in [4.78, 5) is 17.9. The van der Waals surface area contributed by atoms with E-state index in [0.717, 1.165) is 31.5 Å². The summed E-state index contributed by atoms with van der Waals surface area (Å²) < 4.78 is 0. The van der Waals surface area contributed by atoms with Crippen LogP contribution in [0.25, 0.3) is 0 Å². The summed E-state index contributed by atoms with van der Waals surface area (Å²) in [7, 11) is 0. The van der Waals surface area contributed by atoms with E-state index >= 15 is 0 Å². The van der Waals surface area contributed by atoms with Crippen molar-refractivity contribution in [1.82, 2.24) is 10.3 Å². The maximum atomic E-state index is 12.3. The Labute approximate surface area is 138 Å². The van der Waals surface area contributed by atoms with Gasteiger partial charge in [0.1, 0.15) is 0 Å². The molecule has 0 saturated carbocycles. The standard InChI is InChI=1S/C16H18ClN3OS/c1-10-8-12(17)2-3-13(10)15(21)20-16-19-9-14(22-16)11-4-6-18-7-5-11/h2-3,8-9,11,18H,4-7H2,1H3,(H,19,20,21). The van der Waals surface area contributed by atoms with Gasteiger partial charge in [-0.15, -0.1) is 11.3 Å². The number of carbonyl (C=O) groups is 1. The topological polar surface area (TPSA) is 54.0 Å². The van der Waals surface area contributed by atoms with Crippen LogP contribution in [-0.2, 0) is 0 Å². The number of aryl methyl sites for hydroxylation is 1. The molecular weight excluding hydrogens is 318 g/mol. The van der Waals surface area contributed by atoms with Gasteiger partial charge in [0.05, 0.1) is 0 Å². The number of amides is 1. The molecule has 22 heavy (non-hydrogen) atoms. The van der Waals surface area contributed by atoms with E-state index in [-0.39, 0.29) is 5.91 Å². The molecule has 0 aliphatic carbocycles. The van der Waals surface area contributed by atoms with Crippen molar-refractivity contribution in [2.45, 2.75) is 25.7 Å². The molecule has 1 fully saturated rings. The fourth-order valence-corrected chi connectivity index (χ4v) is 3.89. The van der Waals surface area contributed by atoms with E-state index in [0.29, 0.717) is 21.6 Å². The Morgan fingerprint density at radius 3 is 2.91 bits per heavy atom. The monoisotopic (exact) mass is 335 g/mol. The largest absolute Gasteiger partial charge is 0.317 e. The van der Waals surface area contributed by atoms with Crippen LogP contribution in [0.5, 0.6) is 0 Å². The van der Waals surface area contributed by atoms with E-state index in [2.05, 4.69) is 15.6 Å². The van der Waals surface area contributed by atoms with E-state index in [9.17, 15) is 4.79 Å². The van der Waals surface area contributed by atoms with Gasteiger partial charge in [0.2, 0.25) is 0 Å². The zero-order valence-electron chi connectivity index (χ0n) is 12.4. The highest BCUT2D eigenvalue weighted by atomic mass is 35.5. The fraction of sp³-hybridized carbons (Fsp3) is 0.375. The predicted molar refractivity (Wildman–Crippen MR) is 91.1 cm³/mol. The average Bonchev–Trinajstić information content (AvgIpc) is 2.96. The lowest BCUT2D eigenvalue weighted by Gasteiger charge is -2.20. The van der Waals surface area contributed by atoms with Gasteiger partial charge in [-0.1, -0.05) is 11.6 Å². The first-order valence-corrected chi connectivity index (χ1v) is 8.57. The minimum atomic E-state index is -0.139. The molecule has 0 radical (unpaired) electrons. The number of piperidine rings is 1. The highest BCUT2D eigenvalue weighted by Crippen LogP contribution is 2.31. The maximum Gasteiger partial charge on any atom is 0.257 e. The Morgan fingerprint density at radius 2 is 2.18 bits per heavy atom. The van der Waals surface area contributed by atoms with Crippen LogP contribution in [0.2, 0.25) is 5.02 Å². The number of carbonyl (C=O) groups excluding carboxylic acids is 1. The van der Waals surface area contributed by atoms with Crippen molar-refractivity contribution in [3.63, 3.8) is 0 Å². The molecule has 4 nitrogen and oxygen atoms in total. The molecule has 6 heteroatoms. The third-order valence-electron chi connectivity index (χ3n) is 3.92. The van der Waals surface area contributed by atoms with Gasteiger partial charge in [0.25, 0.3) is 5.91 Å². The minimum absolute atomic E-state index is 0.139. The molecule has 1 aliphatic heterocycles. The fourth-order valence-electron chi connectivity index (χ4n) is 2.69. The molecule has 1 aliphatic rings. The van der Waals surface area contributed by atoms with Crippen LogP contribution >= 0.6 is 22.9 Å². The van der Waals surface area contributed by atoms with Gasteiger partial charge < -0.3 is 5.32 Å². The van der Waals surface area contributed by atoms with Crippen molar-refractivity contribution >= 4 is 34.0 Å². The van der Waals surface area contributed by atoms with Crippen molar-refractivity contribution in [3.05, 3.63) is 45.4 Å². The summed E-state index contributed by atoms with van der Waals surface area (Å²) in [5, 5.41) is 7.54. The number of anilines is 1. The molecule has 0 bridgehead atoms. The van der Waals surface area contributed by atoms with Gasteiger partial charge in [-0.2, -0.15) is 0 Å². The molecule has 116 valence electrons. The van der Waals surface area contributed by atoms with Crippen LogP contribution in [0.1, 0.15) is 39.6 Å². The second-order valence-corrected chi connectivity index (χ2v) is 7.00. The van der Waals surface area contributed by atoms with Crippen molar-refractivity contribution in [2.75, 3.05) is 18.4 Å². The third kappa shape index (κ3) is 3.48. The smallest absolute Gasteiger partial charge is 0.257 e. The Morgan fingerprint density at radius 1 is 1.41 bits per heavy atom. The van der Waals surface area contributed by atoms with E-state index < -0.39 is 0 Å². The number of nitrogens with one attached hydrogen (secondary N) is 2. The number of benzene rings is 1.